The van der Waals surface area contributed by atoms with Gasteiger partial charge in [-0.25, -0.2) is 4.98 Å². The largest absolute Gasteiger partial charge is 0.352 e. The molecule has 2 fully saturated rings. The average molecular weight is 343 g/mol. The van der Waals surface area contributed by atoms with E-state index < -0.39 is 0 Å². The van der Waals surface area contributed by atoms with E-state index >= 15 is 0 Å². The molecule has 7 heteroatoms. The zero-order valence-electron chi connectivity index (χ0n) is 12.6. The van der Waals surface area contributed by atoms with Crippen LogP contribution in [0.15, 0.2) is 12.3 Å². The average Bonchev–Trinajstić information content (AvgIpc) is 2.95. The van der Waals surface area contributed by atoms with Gasteiger partial charge in [0.15, 0.2) is 0 Å². The van der Waals surface area contributed by atoms with Gasteiger partial charge in [-0.2, -0.15) is 0 Å². The standard InChI is InChI=1S/C15H20Cl2N4O/c1-15(2-3-18-10-15)14(22)21-6-4-20(5-7-21)13-12(17)8-11(16)9-19-13/h8-9,18H,2-7,10H2,1H3/t15-/m0/s1. The first-order valence-corrected chi connectivity index (χ1v) is 8.31. The number of nitrogens with one attached hydrogen (secondary N) is 1. The van der Waals surface area contributed by atoms with Gasteiger partial charge in [-0.1, -0.05) is 23.2 Å². The number of nitrogens with zero attached hydrogens (tertiary/aromatic N) is 3. The summed E-state index contributed by atoms with van der Waals surface area (Å²) in [6.07, 6.45) is 2.52. The fourth-order valence-corrected chi connectivity index (χ4v) is 3.64. The Morgan fingerprint density at radius 1 is 1.32 bits per heavy atom. The predicted octanol–water partition coefficient (Wildman–Crippen LogP) is 2.04. The highest BCUT2D eigenvalue weighted by Gasteiger charge is 2.40. The number of hydrogen-bond acceptors (Lipinski definition) is 4. The van der Waals surface area contributed by atoms with Crippen LogP contribution in [0.3, 0.4) is 0 Å². The first-order chi connectivity index (χ1) is 10.5. The molecule has 1 amide bonds. The summed E-state index contributed by atoms with van der Waals surface area (Å²) in [6, 6.07) is 1.70. The third-order valence-electron chi connectivity index (χ3n) is 4.54. The highest BCUT2D eigenvalue weighted by molar-refractivity contribution is 6.36. The third kappa shape index (κ3) is 3.03. The second-order valence-corrected chi connectivity index (χ2v) is 7.07. The lowest BCUT2D eigenvalue weighted by molar-refractivity contribution is -0.140. The number of amides is 1. The Balaban J connectivity index is 1.64. The lowest BCUT2D eigenvalue weighted by Gasteiger charge is -2.39. The molecule has 22 heavy (non-hydrogen) atoms. The van der Waals surface area contributed by atoms with Gasteiger partial charge >= 0.3 is 0 Å². The number of pyridine rings is 1. The molecule has 0 bridgehead atoms. The SMILES string of the molecule is C[C@]1(C(=O)N2CCN(c3ncc(Cl)cc3Cl)CC2)CCNC1. The van der Waals surface area contributed by atoms with E-state index in [-0.39, 0.29) is 11.3 Å². The molecule has 0 aromatic carbocycles. The maximum absolute atomic E-state index is 12.7. The van der Waals surface area contributed by atoms with E-state index in [2.05, 4.69) is 22.1 Å². The molecule has 2 aliphatic heterocycles. The van der Waals surface area contributed by atoms with Crippen molar-refractivity contribution < 1.29 is 4.79 Å². The smallest absolute Gasteiger partial charge is 0.229 e. The van der Waals surface area contributed by atoms with Gasteiger partial charge in [0.05, 0.1) is 15.5 Å². The lowest BCUT2D eigenvalue weighted by atomic mass is 9.88. The molecule has 0 radical (unpaired) electrons. The van der Waals surface area contributed by atoms with E-state index in [9.17, 15) is 4.79 Å². The van der Waals surface area contributed by atoms with Gasteiger partial charge < -0.3 is 15.1 Å². The topological polar surface area (TPSA) is 48.5 Å². The van der Waals surface area contributed by atoms with E-state index in [0.29, 0.717) is 23.1 Å². The number of carbonyl (C=O) groups excluding carboxylic acids is 1. The lowest BCUT2D eigenvalue weighted by Crippen LogP contribution is -2.53. The maximum atomic E-state index is 12.7. The van der Waals surface area contributed by atoms with E-state index in [1.807, 2.05) is 4.90 Å². The van der Waals surface area contributed by atoms with Gasteiger partial charge in [-0.3, -0.25) is 4.79 Å². The van der Waals surface area contributed by atoms with Crippen molar-refractivity contribution in [2.45, 2.75) is 13.3 Å². The fourth-order valence-electron chi connectivity index (χ4n) is 3.14. The molecule has 2 saturated heterocycles. The Labute approximate surface area is 140 Å². The first kappa shape index (κ1) is 15.8. The Bertz CT molecular complexity index is 567. The van der Waals surface area contributed by atoms with Crippen LogP contribution in [0.1, 0.15) is 13.3 Å². The summed E-state index contributed by atoms with van der Waals surface area (Å²) >= 11 is 12.1. The number of carbonyl (C=O) groups is 1. The van der Waals surface area contributed by atoms with Crippen LogP contribution in [0.5, 0.6) is 0 Å². The maximum Gasteiger partial charge on any atom is 0.229 e. The van der Waals surface area contributed by atoms with Crippen molar-refractivity contribution in [3.63, 3.8) is 0 Å². The molecule has 120 valence electrons. The first-order valence-electron chi connectivity index (χ1n) is 7.56. The van der Waals surface area contributed by atoms with E-state index in [4.69, 9.17) is 23.2 Å². The van der Waals surface area contributed by atoms with Crippen molar-refractivity contribution in [1.82, 2.24) is 15.2 Å². The molecule has 5 nitrogen and oxygen atoms in total. The summed E-state index contributed by atoms with van der Waals surface area (Å²) < 4.78 is 0. The van der Waals surface area contributed by atoms with Crippen LogP contribution in [0.2, 0.25) is 10.0 Å². The van der Waals surface area contributed by atoms with Crippen LogP contribution >= 0.6 is 23.2 Å². The second kappa shape index (κ2) is 6.22. The fraction of sp³-hybridized carbons (Fsp3) is 0.600. The number of piperazine rings is 1. The molecular formula is C15H20Cl2N4O. The van der Waals surface area contributed by atoms with Gasteiger partial charge in [0.25, 0.3) is 0 Å². The molecule has 0 unspecified atom stereocenters. The molecule has 1 N–H and O–H groups in total. The number of hydrogen-bond donors (Lipinski definition) is 1. The van der Waals surface area contributed by atoms with Gasteiger partial charge in [-0.15, -0.1) is 0 Å². The molecule has 1 aromatic heterocycles. The molecular weight excluding hydrogens is 323 g/mol. The number of anilines is 1. The van der Waals surface area contributed by atoms with E-state index in [0.717, 1.165) is 38.4 Å². The molecule has 0 spiro atoms. The minimum absolute atomic E-state index is 0.252. The van der Waals surface area contributed by atoms with Crippen molar-refractivity contribution >= 4 is 34.9 Å². The highest BCUT2D eigenvalue weighted by atomic mass is 35.5. The number of aromatic nitrogens is 1. The molecule has 3 heterocycles. The zero-order valence-corrected chi connectivity index (χ0v) is 14.1. The van der Waals surface area contributed by atoms with Crippen LogP contribution in [-0.4, -0.2) is 55.1 Å². The summed E-state index contributed by atoms with van der Waals surface area (Å²) in [6.45, 7) is 6.64. The van der Waals surface area contributed by atoms with Gasteiger partial charge in [0.1, 0.15) is 5.82 Å². The van der Waals surface area contributed by atoms with Gasteiger partial charge in [0, 0.05) is 38.9 Å². The molecule has 3 rings (SSSR count). The van der Waals surface area contributed by atoms with Crippen molar-refractivity contribution in [3.8, 4) is 0 Å². The van der Waals surface area contributed by atoms with Gasteiger partial charge in [0.2, 0.25) is 5.91 Å². The minimum atomic E-state index is -0.252. The number of halogens is 2. The monoisotopic (exact) mass is 342 g/mol. The van der Waals surface area contributed by atoms with Crippen molar-refractivity contribution in [2.24, 2.45) is 5.41 Å². The number of rotatable bonds is 2. The molecule has 2 aliphatic rings. The van der Waals surface area contributed by atoms with Crippen LogP contribution in [0.4, 0.5) is 5.82 Å². The molecule has 1 aromatic rings. The van der Waals surface area contributed by atoms with E-state index in [1.54, 1.807) is 12.3 Å². The van der Waals surface area contributed by atoms with Crippen molar-refractivity contribution in [2.75, 3.05) is 44.2 Å². The summed E-state index contributed by atoms with van der Waals surface area (Å²) in [4.78, 5) is 21.1. The Hall–Kier alpha value is -1.04. The van der Waals surface area contributed by atoms with E-state index in [1.165, 1.54) is 0 Å². The Morgan fingerprint density at radius 3 is 2.64 bits per heavy atom. The van der Waals surface area contributed by atoms with Crippen LogP contribution in [-0.2, 0) is 4.79 Å². The Morgan fingerprint density at radius 2 is 2.05 bits per heavy atom. The highest BCUT2D eigenvalue weighted by Crippen LogP contribution is 2.30. The third-order valence-corrected chi connectivity index (χ3v) is 5.02. The van der Waals surface area contributed by atoms with Crippen LogP contribution in [0.25, 0.3) is 0 Å². The summed E-state index contributed by atoms with van der Waals surface area (Å²) in [5.41, 5.74) is -0.252. The quantitative estimate of drug-likeness (QED) is 0.893. The van der Waals surface area contributed by atoms with Crippen LogP contribution in [0, 0.1) is 5.41 Å². The Kier molecular flexibility index (Phi) is 4.48. The molecule has 1 atom stereocenters. The minimum Gasteiger partial charge on any atom is -0.352 e. The van der Waals surface area contributed by atoms with Crippen molar-refractivity contribution in [1.29, 1.82) is 0 Å². The van der Waals surface area contributed by atoms with Crippen LogP contribution < -0.4 is 10.2 Å². The zero-order chi connectivity index (χ0) is 15.7. The summed E-state index contributed by atoms with van der Waals surface area (Å²) in [5.74, 6) is 0.999. The molecule has 0 saturated carbocycles. The summed E-state index contributed by atoms with van der Waals surface area (Å²) in [7, 11) is 0. The second-order valence-electron chi connectivity index (χ2n) is 6.23. The van der Waals surface area contributed by atoms with Crippen molar-refractivity contribution in [3.05, 3.63) is 22.3 Å². The normalized spacial score (nSPS) is 25.6. The summed E-state index contributed by atoms with van der Waals surface area (Å²) in [5, 5.41) is 4.37. The molecule has 0 aliphatic carbocycles. The van der Waals surface area contributed by atoms with Gasteiger partial charge in [-0.05, 0) is 26.0 Å². The predicted molar refractivity (Wildman–Crippen MR) is 88.6 cm³/mol.